The van der Waals surface area contributed by atoms with Crippen LogP contribution in [0.15, 0.2) is 6.07 Å². The lowest BCUT2D eigenvalue weighted by atomic mass is 10.0. The summed E-state index contributed by atoms with van der Waals surface area (Å²) in [6, 6.07) is 1.07. The fraction of sp³-hybridized carbons (Fsp3) is 0.385. The molecule has 4 atom stereocenters. The van der Waals surface area contributed by atoms with Crippen molar-refractivity contribution in [3.63, 3.8) is 0 Å². The summed E-state index contributed by atoms with van der Waals surface area (Å²) >= 11 is 5.03. The highest BCUT2D eigenvalue weighted by Crippen LogP contribution is 2.35. The van der Waals surface area contributed by atoms with Crippen molar-refractivity contribution < 1.29 is 33.2 Å². The number of nitrogens with zero attached hydrogens (tertiary/aromatic N) is 1. The molecule has 1 aliphatic rings. The number of H-pyrrole nitrogens is 1. The monoisotopic (exact) mass is 348 g/mol. The zero-order valence-corrected chi connectivity index (χ0v) is 12.1. The van der Waals surface area contributed by atoms with E-state index in [-0.39, 0.29) is 21.2 Å². The van der Waals surface area contributed by atoms with Gasteiger partial charge in [0.2, 0.25) is 5.82 Å². The molecule has 0 amide bonds. The van der Waals surface area contributed by atoms with Crippen molar-refractivity contribution in [2.24, 2.45) is 0 Å². The maximum atomic E-state index is 13.9. The smallest absolute Gasteiger partial charge is 0.254 e. The average Bonchev–Trinajstić information content (AvgIpc) is 2.80. The summed E-state index contributed by atoms with van der Waals surface area (Å²) in [6.07, 6.45) is -5.01. The van der Waals surface area contributed by atoms with Gasteiger partial charge in [-0.3, -0.25) is 0 Å². The van der Waals surface area contributed by atoms with Crippen LogP contribution in [-0.2, 0) is 4.74 Å². The highest BCUT2D eigenvalue weighted by molar-refractivity contribution is 7.71. The van der Waals surface area contributed by atoms with Crippen LogP contribution in [0.1, 0.15) is 11.7 Å². The van der Waals surface area contributed by atoms with E-state index < -0.39 is 48.6 Å². The number of hydrogen-bond donors (Lipinski definition) is 4. The van der Waals surface area contributed by atoms with Gasteiger partial charge in [0.25, 0.3) is 5.95 Å². The summed E-state index contributed by atoms with van der Waals surface area (Å²) in [7, 11) is 0. The first-order valence-electron chi connectivity index (χ1n) is 6.55. The second kappa shape index (κ2) is 5.80. The number of aliphatic hydroxyl groups excluding tert-OH is 3. The molecule has 2 aromatic rings. The van der Waals surface area contributed by atoms with Gasteiger partial charge in [0.1, 0.15) is 34.7 Å². The van der Waals surface area contributed by atoms with E-state index in [1.807, 2.05) is 0 Å². The van der Waals surface area contributed by atoms with Crippen LogP contribution in [0.4, 0.5) is 13.2 Å². The summed E-state index contributed by atoms with van der Waals surface area (Å²) in [5.74, 6) is -4.82. The molecule has 0 saturated carbocycles. The third-order valence-corrected chi connectivity index (χ3v) is 4.06. The molecule has 0 spiro atoms. The molecule has 0 bridgehead atoms. The quantitative estimate of drug-likeness (QED) is 0.475. The third kappa shape index (κ3) is 2.52. The van der Waals surface area contributed by atoms with E-state index in [9.17, 15) is 23.4 Å². The number of nitrogens with one attached hydrogen (secondary N) is 1. The molecular weight excluding hydrogens is 337 g/mol. The van der Waals surface area contributed by atoms with Crippen LogP contribution < -0.4 is 0 Å². The third-order valence-electron chi connectivity index (χ3n) is 3.72. The van der Waals surface area contributed by atoms with E-state index in [4.69, 9.17) is 22.1 Å². The summed E-state index contributed by atoms with van der Waals surface area (Å²) in [5, 5.41) is 28.4. The largest absolute Gasteiger partial charge is 0.394 e. The molecule has 0 aliphatic carbocycles. The standard InChI is InChI=1S/C13H11F3N2O4S/c14-6-3-1-4(10-9(21)8(20)5(2-19)22-10)13(23)18-12(3)17-11(16)7(6)15/h1,5,8-10,19-21H,2H2,(H,17,18,23). The predicted octanol–water partition coefficient (Wildman–Crippen LogP) is 0.864. The number of hydrogen-bond acceptors (Lipinski definition) is 6. The van der Waals surface area contributed by atoms with E-state index in [2.05, 4.69) is 9.97 Å². The number of rotatable bonds is 2. The van der Waals surface area contributed by atoms with Gasteiger partial charge in [-0.1, -0.05) is 12.2 Å². The Labute approximate surface area is 132 Å². The van der Waals surface area contributed by atoms with Crippen LogP contribution in [0.5, 0.6) is 0 Å². The number of aromatic amines is 1. The van der Waals surface area contributed by atoms with E-state index in [0.717, 1.165) is 6.07 Å². The minimum absolute atomic E-state index is 0.0507. The molecule has 0 aromatic carbocycles. The number of aromatic nitrogens is 2. The van der Waals surface area contributed by atoms with Crippen molar-refractivity contribution in [1.82, 2.24) is 9.97 Å². The molecule has 4 N–H and O–H groups in total. The van der Waals surface area contributed by atoms with Crippen LogP contribution in [0.25, 0.3) is 11.0 Å². The average molecular weight is 348 g/mol. The van der Waals surface area contributed by atoms with Gasteiger partial charge >= 0.3 is 0 Å². The van der Waals surface area contributed by atoms with E-state index in [1.165, 1.54) is 0 Å². The molecule has 1 fully saturated rings. The Hall–Kier alpha value is -1.59. The van der Waals surface area contributed by atoms with E-state index in [1.54, 1.807) is 0 Å². The maximum absolute atomic E-state index is 13.9. The van der Waals surface area contributed by atoms with Crippen molar-refractivity contribution in [1.29, 1.82) is 0 Å². The second-order valence-electron chi connectivity index (χ2n) is 5.11. The van der Waals surface area contributed by atoms with Crippen molar-refractivity contribution >= 4 is 23.3 Å². The first-order valence-corrected chi connectivity index (χ1v) is 6.95. The fourth-order valence-corrected chi connectivity index (χ4v) is 2.79. The van der Waals surface area contributed by atoms with Crippen LogP contribution in [-0.4, -0.2) is 50.2 Å². The lowest BCUT2D eigenvalue weighted by Crippen LogP contribution is -2.32. The molecule has 3 heterocycles. The summed E-state index contributed by atoms with van der Waals surface area (Å²) in [6.45, 7) is -0.547. The lowest BCUT2D eigenvalue weighted by molar-refractivity contribution is -0.0229. The lowest BCUT2D eigenvalue weighted by Gasteiger charge is -2.16. The Balaban J connectivity index is 2.16. The molecule has 1 saturated heterocycles. The molecule has 3 rings (SSSR count). The van der Waals surface area contributed by atoms with Crippen molar-refractivity contribution in [2.75, 3.05) is 6.61 Å². The fourth-order valence-electron chi connectivity index (χ4n) is 2.52. The molecule has 10 heteroatoms. The van der Waals surface area contributed by atoms with Gasteiger partial charge < -0.3 is 25.0 Å². The Morgan fingerprint density at radius 3 is 2.52 bits per heavy atom. The van der Waals surface area contributed by atoms with Gasteiger partial charge in [0.05, 0.1) is 12.0 Å². The van der Waals surface area contributed by atoms with Gasteiger partial charge in [0.15, 0.2) is 5.82 Å². The Morgan fingerprint density at radius 2 is 1.91 bits per heavy atom. The predicted molar refractivity (Wildman–Crippen MR) is 73.5 cm³/mol. The number of fused-ring (bicyclic) bond motifs is 1. The van der Waals surface area contributed by atoms with Gasteiger partial charge in [-0.2, -0.15) is 13.8 Å². The van der Waals surface area contributed by atoms with E-state index >= 15 is 0 Å². The molecule has 124 valence electrons. The van der Waals surface area contributed by atoms with E-state index in [0.29, 0.717) is 0 Å². The minimum Gasteiger partial charge on any atom is -0.394 e. The molecule has 4 unspecified atom stereocenters. The molecule has 1 aliphatic heterocycles. The van der Waals surface area contributed by atoms with Crippen molar-refractivity contribution in [3.05, 3.63) is 33.9 Å². The topological polar surface area (TPSA) is 98.6 Å². The zero-order chi connectivity index (χ0) is 16.9. The van der Waals surface area contributed by atoms with Crippen molar-refractivity contribution in [2.45, 2.75) is 24.4 Å². The molecular formula is C13H11F3N2O4S. The minimum atomic E-state index is -1.74. The number of ether oxygens (including phenoxy) is 1. The molecule has 2 aromatic heterocycles. The first-order chi connectivity index (χ1) is 10.8. The molecule has 0 radical (unpaired) electrons. The van der Waals surface area contributed by atoms with Gasteiger partial charge in [-0.05, 0) is 6.07 Å². The summed E-state index contributed by atoms with van der Waals surface area (Å²) in [5.41, 5.74) is -0.247. The maximum Gasteiger partial charge on any atom is 0.254 e. The Kier molecular flexibility index (Phi) is 4.10. The summed E-state index contributed by atoms with van der Waals surface area (Å²) in [4.78, 5) is 5.67. The van der Waals surface area contributed by atoms with Crippen molar-refractivity contribution in [3.8, 4) is 0 Å². The molecule has 6 nitrogen and oxygen atoms in total. The first kappa shape index (κ1) is 16.3. The van der Waals surface area contributed by atoms with Crippen LogP contribution in [0.2, 0.25) is 0 Å². The number of pyridine rings is 2. The zero-order valence-electron chi connectivity index (χ0n) is 11.3. The second-order valence-corrected chi connectivity index (χ2v) is 5.51. The Morgan fingerprint density at radius 1 is 1.22 bits per heavy atom. The molecule has 23 heavy (non-hydrogen) atoms. The van der Waals surface area contributed by atoms with Crippen LogP contribution >= 0.6 is 12.2 Å². The van der Waals surface area contributed by atoms with Gasteiger partial charge in [0, 0.05) is 5.56 Å². The number of aliphatic hydroxyl groups is 3. The normalized spacial score (nSPS) is 27.7. The van der Waals surface area contributed by atoms with Gasteiger partial charge in [-0.25, -0.2) is 4.39 Å². The SMILES string of the molecule is OCC1OC(c2cc3c(F)c(F)c(F)nc3[nH]c2=S)C(O)C1O. The van der Waals surface area contributed by atoms with Crippen LogP contribution in [0, 0.1) is 22.2 Å². The highest BCUT2D eigenvalue weighted by Gasteiger charge is 2.43. The number of halogens is 3. The van der Waals surface area contributed by atoms with Gasteiger partial charge in [-0.15, -0.1) is 0 Å². The Bertz CT molecular complexity index is 831. The highest BCUT2D eigenvalue weighted by atomic mass is 32.1. The summed E-state index contributed by atoms with van der Waals surface area (Å²) < 4.78 is 45.6. The van der Waals surface area contributed by atoms with Crippen LogP contribution in [0.3, 0.4) is 0 Å².